The van der Waals surface area contributed by atoms with Crippen molar-refractivity contribution in [3.63, 3.8) is 0 Å². The maximum atomic E-state index is 12.9. The van der Waals surface area contributed by atoms with Gasteiger partial charge in [-0.05, 0) is 44.0 Å². The smallest absolute Gasteiger partial charge is 0.191 e. The van der Waals surface area contributed by atoms with Gasteiger partial charge in [0.25, 0.3) is 0 Å². The van der Waals surface area contributed by atoms with Crippen molar-refractivity contribution in [2.75, 3.05) is 52.7 Å². The van der Waals surface area contributed by atoms with E-state index in [9.17, 15) is 9.50 Å². The number of ether oxygens (including phenoxy) is 3. The van der Waals surface area contributed by atoms with Crippen molar-refractivity contribution in [3.8, 4) is 5.75 Å². The predicted molar refractivity (Wildman–Crippen MR) is 106 cm³/mol. The molecule has 0 bridgehead atoms. The first kappa shape index (κ1) is 22.4. The van der Waals surface area contributed by atoms with Gasteiger partial charge in [-0.1, -0.05) is 0 Å². The molecule has 0 saturated carbocycles. The zero-order chi connectivity index (χ0) is 20.0. The first-order chi connectivity index (χ1) is 13.7. The molecule has 1 aliphatic heterocycles. The summed E-state index contributed by atoms with van der Waals surface area (Å²) in [4.78, 5) is 4.37. The van der Waals surface area contributed by atoms with Crippen LogP contribution in [0.4, 0.5) is 4.39 Å². The standard InChI is InChI=1S/C20H32FN3O4/c1-2-22-20(23-9-3-10-26-13-16-8-11-27-14-16)24-12-18(25)15-28-19-6-4-17(21)5-7-19/h4-7,16,18,25H,2-3,8-15H2,1H3,(H2,22,23,24). The summed E-state index contributed by atoms with van der Waals surface area (Å²) in [5, 5.41) is 16.4. The second-order valence-electron chi connectivity index (χ2n) is 6.72. The van der Waals surface area contributed by atoms with E-state index in [1.807, 2.05) is 6.92 Å². The van der Waals surface area contributed by atoms with Crippen LogP contribution in [-0.2, 0) is 9.47 Å². The lowest BCUT2D eigenvalue weighted by Crippen LogP contribution is -2.39. The van der Waals surface area contributed by atoms with Crippen molar-refractivity contribution >= 4 is 5.96 Å². The van der Waals surface area contributed by atoms with Gasteiger partial charge in [-0.15, -0.1) is 0 Å². The molecule has 1 heterocycles. The fraction of sp³-hybridized carbons (Fsp3) is 0.650. The molecule has 2 rings (SSSR count). The first-order valence-electron chi connectivity index (χ1n) is 9.91. The number of halogens is 1. The lowest BCUT2D eigenvalue weighted by atomic mass is 10.1. The highest BCUT2D eigenvalue weighted by Gasteiger charge is 2.15. The third-order valence-corrected chi connectivity index (χ3v) is 4.20. The summed E-state index contributed by atoms with van der Waals surface area (Å²) >= 11 is 0. The zero-order valence-corrected chi connectivity index (χ0v) is 16.5. The van der Waals surface area contributed by atoms with Gasteiger partial charge in [0, 0.05) is 32.2 Å². The molecule has 2 unspecified atom stereocenters. The average Bonchev–Trinajstić information content (AvgIpc) is 3.21. The Morgan fingerprint density at radius 1 is 1.36 bits per heavy atom. The van der Waals surface area contributed by atoms with Gasteiger partial charge >= 0.3 is 0 Å². The maximum Gasteiger partial charge on any atom is 0.191 e. The quantitative estimate of drug-likeness (QED) is 0.282. The number of nitrogens with one attached hydrogen (secondary N) is 2. The van der Waals surface area contributed by atoms with E-state index in [0.29, 0.717) is 24.2 Å². The summed E-state index contributed by atoms with van der Waals surface area (Å²) in [7, 11) is 0. The van der Waals surface area contributed by atoms with E-state index < -0.39 is 6.10 Å². The van der Waals surface area contributed by atoms with E-state index in [2.05, 4.69) is 15.6 Å². The third-order valence-electron chi connectivity index (χ3n) is 4.20. The van der Waals surface area contributed by atoms with E-state index in [0.717, 1.165) is 45.8 Å². The lowest BCUT2D eigenvalue weighted by Gasteiger charge is -2.14. The van der Waals surface area contributed by atoms with E-state index in [-0.39, 0.29) is 19.0 Å². The molecular weight excluding hydrogens is 365 g/mol. The summed E-state index contributed by atoms with van der Waals surface area (Å²) in [6.45, 7) is 6.84. The summed E-state index contributed by atoms with van der Waals surface area (Å²) in [5.41, 5.74) is 0. The molecule has 1 fully saturated rings. The van der Waals surface area contributed by atoms with Crippen molar-refractivity contribution < 1.29 is 23.7 Å². The van der Waals surface area contributed by atoms with E-state index >= 15 is 0 Å². The Bertz CT molecular complexity index is 565. The van der Waals surface area contributed by atoms with E-state index in [1.54, 1.807) is 0 Å². The minimum atomic E-state index is -0.752. The molecule has 0 amide bonds. The van der Waals surface area contributed by atoms with Gasteiger partial charge in [-0.2, -0.15) is 0 Å². The number of aliphatic imine (C=N–C) groups is 1. The Hall–Kier alpha value is -1.90. The van der Waals surface area contributed by atoms with Gasteiger partial charge in [0.1, 0.15) is 24.3 Å². The highest BCUT2D eigenvalue weighted by Crippen LogP contribution is 2.12. The van der Waals surface area contributed by atoms with Crippen LogP contribution in [0.3, 0.4) is 0 Å². The van der Waals surface area contributed by atoms with Crippen molar-refractivity contribution in [2.45, 2.75) is 25.9 Å². The Balaban J connectivity index is 1.59. The van der Waals surface area contributed by atoms with Gasteiger partial charge in [-0.25, -0.2) is 4.39 Å². The minimum absolute atomic E-state index is 0.0905. The number of hydrogen-bond donors (Lipinski definition) is 3. The van der Waals surface area contributed by atoms with Crippen LogP contribution in [0.5, 0.6) is 5.75 Å². The van der Waals surface area contributed by atoms with Crippen LogP contribution < -0.4 is 15.4 Å². The largest absolute Gasteiger partial charge is 0.491 e. The van der Waals surface area contributed by atoms with Crippen LogP contribution >= 0.6 is 0 Å². The molecule has 1 aliphatic rings. The monoisotopic (exact) mass is 397 g/mol. The number of guanidine groups is 1. The van der Waals surface area contributed by atoms with Crippen LogP contribution in [0.1, 0.15) is 19.8 Å². The van der Waals surface area contributed by atoms with Gasteiger partial charge in [0.2, 0.25) is 0 Å². The normalized spacial score (nSPS) is 18.1. The number of aliphatic hydroxyl groups is 1. The Kier molecular flexibility index (Phi) is 10.6. The lowest BCUT2D eigenvalue weighted by molar-refractivity contribution is 0.0887. The topological polar surface area (TPSA) is 84.3 Å². The summed E-state index contributed by atoms with van der Waals surface area (Å²) in [6.07, 6.45) is 1.20. The second kappa shape index (κ2) is 13.3. The number of hydrogen-bond acceptors (Lipinski definition) is 5. The van der Waals surface area contributed by atoms with Crippen LogP contribution in [0, 0.1) is 11.7 Å². The molecule has 0 spiro atoms. The molecule has 7 nitrogen and oxygen atoms in total. The number of nitrogens with zero attached hydrogens (tertiary/aromatic N) is 1. The third kappa shape index (κ3) is 9.34. The van der Waals surface area contributed by atoms with Gasteiger partial charge < -0.3 is 30.0 Å². The van der Waals surface area contributed by atoms with Crippen molar-refractivity contribution in [1.29, 1.82) is 0 Å². The fourth-order valence-corrected chi connectivity index (χ4v) is 2.66. The SMILES string of the molecule is CCNC(=NCC(O)COc1ccc(F)cc1)NCCCOCC1CCOC1. The average molecular weight is 397 g/mol. The summed E-state index contributed by atoms with van der Waals surface area (Å²) in [5.74, 6) is 1.37. The van der Waals surface area contributed by atoms with Gasteiger partial charge in [0.15, 0.2) is 5.96 Å². The number of rotatable bonds is 12. The van der Waals surface area contributed by atoms with Gasteiger partial charge in [0.05, 0.1) is 19.8 Å². The number of benzene rings is 1. The Morgan fingerprint density at radius 3 is 2.89 bits per heavy atom. The van der Waals surface area contributed by atoms with Crippen LogP contribution in [0.25, 0.3) is 0 Å². The Morgan fingerprint density at radius 2 is 2.18 bits per heavy atom. The molecule has 1 aromatic carbocycles. The van der Waals surface area contributed by atoms with E-state index in [1.165, 1.54) is 24.3 Å². The second-order valence-corrected chi connectivity index (χ2v) is 6.72. The molecule has 3 N–H and O–H groups in total. The molecular formula is C20H32FN3O4. The fourth-order valence-electron chi connectivity index (χ4n) is 2.66. The van der Waals surface area contributed by atoms with Gasteiger partial charge in [-0.3, -0.25) is 4.99 Å². The molecule has 1 saturated heterocycles. The molecule has 0 radical (unpaired) electrons. The predicted octanol–water partition coefficient (Wildman–Crippen LogP) is 1.56. The summed E-state index contributed by atoms with van der Waals surface area (Å²) in [6, 6.07) is 5.69. The van der Waals surface area contributed by atoms with Crippen LogP contribution in [-0.4, -0.2) is 69.8 Å². The van der Waals surface area contributed by atoms with Crippen LogP contribution in [0.2, 0.25) is 0 Å². The van der Waals surface area contributed by atoms with Crippen molar-refractivity contribution in [2.24, 2.45) is 10.9 Å². The molecule has 0 aliphatic carbocycles. The highest BCUT2D eigenvalue weighted by molar-refractivity contribution is 5.79. The molecule has 28 heavy (non-hydrogen) atoms. The maximum absolute atomic E-state index is 12.9. The minimum Gasteiger partial charge on any atom is -0.491 e. The van der Waals surface area contributed by atoms with Crippen molar-refractivity contribution in [3.05, 3.63) is 30.1 Å². The van der Waals surface area contributed by atoms with E-state index in [4.69, 9.17) is 14.2 Å². The molecule has 1 aromatic rings. The van der Waals surface area contributed by atoms with Crippen LogP contribution in [0.15, 0.2) is 29.3 Å². The number of aliphatic hydroxyl groups excluding tert-OH is 1. The zero-order valence-electron chi connectivity index (χ0n) is 16.5. The molecule has 158 valence electrons. The highest BCUT2D eigenvalue weighted by atomic mass is 19.1. The molecule has 0 aromatic heterocycles. The summed E-state index contributed by atoms with van der Waals surface area (Å²) < 4.78 is 29.3. The Labute approximate surface area is 166 Å². The first-order valence-corrected chi connectivity index (χ1v) is 9.91. The molecule has 8 heteroatoms. The molecule has 2 atom stereocenters. The van der Waals surface area contributed by atoms with Crippen molar-refractivity contribution in [1.82, 2.24) is 10.6 Å².